The first-order valence-corrected chi connectivity index (χ1v) is 9.76. The summed E-state index contributed by atoms with van der Waals surface area (Å²) in [5.74, 6) is -3.03. The Hall–Kier alpha value is -3.93. The summed E-state index contributed by atoms with van der Waals surface area (Å²) in [6.45, 7) is 0.983. The molecule has 0 radical (unpaired) electrons. The Labute approximate surface area is 183 Å². The van der Waals surface area contributed by atoms with Crippen LogP contribution >= 0.6 is 0 Å². The number of amides is 3. The van der Waals surface area contributed by atoms with E-state index in [4.69, 9.17) is 5.73 Å². The van der Waals surface area contributed by atoms with E-state index in [1.54, 1.807) is 12.1 Å². The van der Waals surface area contributed by atoms with Gasteiger partial charge in [-0.3, -0.25) is 14.4 Å². The summed E-state index contributed by atoms with van der Waals surface area (Å²) >= 11 is 0. The van der Waals surface area contributed by atoms with Crippen LogP contribution in [0.3, 0.4) is 0 Å². The summed E-state index contributed by atoms with van der Waals surface area (Å²) in [5, 5.41) is 25.7. The van der Waals surface area contributed by atoms with E-state index in [-0.39, 0.29) is 18.6 Å². The van der Waals surface area contributed by atoms with Crippen molar-refractivity contribution in [1.82, 2.24) is 25.9 Å². The molecule has 1 heterocycles. The molecule has 2 rings (SSSR count). The maximum absolute atomic E-state index is 12.3. The number of aromatic nitrogens is 2. The molecule has 0 fully saturated rings. The Morgan fingerprint density at radius 3 is 2.38 bits per heavy atom. The van der Waals surface area contributed by atoms with Crippen LogP contribution in [-0.2, 0) is 32.0 Å². The van der Waals surface area contributed by atoms with Crippen LogP contribution in [0.2, 0.25) is 0 Å². The van der Waals surface area contributed by atoms with Crippen LogP contribution in [-0.4, -0.2) is 68.5 Å². The van der Waals surface area contributed by atoms with Gasteiger partial charge in [-0.2, -0.15) is 0 Å². The molecule has 0 aliphatic carbocycles. The maximum Gasteiger partial charge on any atom is 0.326 e. The van der Waals surface area contributed by atoms with E-state index in [0.717, 1.165) is 5.56 Å². The van der Waals surface area contributed by atoms with Crippen LogP contribution in [0.4, 0.5) is 0 Å². The molecule has 0 aliphatic rings. The van der Waals surface area contributed by atoms with Crippen LogP contribution in [0.1, 0.15) is 18.2 Å². The van der Waals surface area contributed by atoms with Gasteiger partial charge in [0.05, 0.1) is 18.9 Å². The SMILES string of the molecule is CC(NC(=O)CNC(=O)C(N)Cc1ccc(O)cc1)C(=O)NC(Cc1cnc[nH]1)C(=O)O. The quantitative estimate of drug-likeness (QED) is 0.214. The largest absolute Gasteiger partial charge is 0.508 e. The fraction of sp³-hybridized carbons (Fsp3) is 0.350. The first-order chi connectivity index (χ1) is 15.2. The second-order valence-electron chi connectivity index (χ2n) is 7.16. The highest BCUT2D eigenvalue weighted by Crippen LogP contribution is 2.10. The molecule has 1 aromatic carbocycles. The Kier molecular flexibility index (Phi) is 8.72. The number of nitrogens with one attached hydrogen (secondary N) is 4. The number of aromatic hydroxyl groups is 1. The van der Waals surface area contributed by atoms with Crippen molar-refractivity contribution < 1.29 is 29.4 Å². The van der Waals surface area contributed by atoms with Gasteiger partial charge in [-0.15, -0.1) is 0 Å². The fourth-order valence-corrected chi connectivity index (χ4v) is 2.75. The molecule has 2 aromatic rings. The lowest BCUT2D eigenvalue weighted by Gasteiger charge is -2.19. The molecule has 0 bridgehead atoms. The smallest absolute Gasteiger partial charge is 0.326 e. The highest BCUT2D eigenvalue weighted by atomic mass is 16.4. The van der Waals surface area contributed by atoms with Crippen molar-refractivity contribution in [1.29, 1.82) is 0 Å². The number of aromatic amines is 1. The molecule has 172 valence electrons. The predicted octanol–water partition coefficient (Wildman–Crippen LogP) is -1.58. The number of hydrogen-bond donors (Lipinski definition) is 7. The molecular formula is C20H26N6O6. The Bertz CT molecular complexity index is 931. The number of phenols is 1. The number of phenolic OH excluding ortho intramolecular Hbond substituents is 1. The van der Waals surface area contributed by atoms with Gasteiger partial charge in [-0.05, 0) is 31.0 Å². The van der Waals surface area contributed by atoms with Crippen molar-refractivity contribution in [2.45, 2.75) is 37.9 Å². The molecule has 0 saturated carbocycles. The number of carbonyl (C=O) groups is 4. The molecule has 0 aliphatic heterocycles. The summed E-state index contributed by atoms with van der Waals surface area (Å²) in [5.41, 5.74) is 7.10. The van der Waals surface area contributed by atoms with Gasteiger partial charge < -0.3 is 36.9 Å². The molecule has 12 nitrogen and oxygen atoms in total. The number of hydrogen-bond acceptors (Lipinski definition) is 7. The van der Waals surface area contributed by atoms with Gasteiger partial charge in [0.15, 0.2) is 0 Å². The van der Waals surface area contributed by atoms with Gasteiger partial charge in [0.1, 0.15) is 17.8 Å². The molecule has 3 unspecified atom stereocenters. The lowest BCUT2D eigenvalue weighted by atomic mass is 10.1. The average Bonchev–Trinajstić information content (AvgIpc) is 3.26. The van der Waals surface area contributed by atoms with E-state index in [0.29, 0.717) is 5.69 Å². The Morgan fingerprint density at radius 1 is 1.09 bits per heavy atom. The van der Waals surface area contributed by atoms with Crippen molar-refractivity contribution in [3.8, 4) is 5.75 Å². The molecule has 0 spiro atoms. The highest BCUT2D eigenvalue weighted by Gasteiger charge is 2.25. The van der Waals surface area contributed by atoms with Gasteiger partial charge in [0, 0.05) is 18.3 Å². The third kappa shape index (κ3) is 7.72. The maximum atomic E-state index is 12.3. The zero-order chi connectivity index (χ0) is 23.7. The Balaban J connectivity index is 1.76. The highest BCUT2D eigenvalue weighted by molar-refractivity contribution is 5.92. The number of carboxylic acid groups (broad SMARTS) is 1. The van der Waals surface area contributed by atoms with Gasteiger partial charge in [-0.1, -0.05) is 12.1 Å². The molecule has 3 atom stereocenters. The van der Waals surface area contributed by atoms with Crippen LogP contribution in [0.5, 0.6) is 5.75 Å². The van der Waals surface area contributed by atoms with Crippen molar-refractivity contribution in [3.05, 3.63) is 48.0 Å². The van der Waals surface area contributed by atoms with Crippen molar-refractivity contribution in [3.63, 3.8) is 0 Å². The van der Waals surface area contributed by atoms with E-state index in [9.17, 15) is 29.4 Å². The monoisotopic (exact) mass is 446 g/mol. The van der Waals surface area contributed by atoms with Crippen molar-refractivity contribution >= 4 is 23.7 Å². The van der Waals surface area contributed by atoms with Crippen LogP contribution in [0.15, 0.2) is 36.8 Å². The first-order valence-electron chi connectivity index (χ1n) is 9.76. The molecular weight excluding hydrogens is 420 g/mol. The van der Waals surface area contributed by atoms with Crippen molar-refractivity contribution in [2.24, 2.45) is 5.73 Å². The van der Waals surface area contributed by atoms with Gasteiger partial charge in [0.25, 0.3) is 0 Å². The minimum Gasteiger partial charge on any atom is -0.508 e. The second kappa shape index (κ2) is 11.5. The third-order valence-corrected chi connectivity index (χ3v) is 4.52. The normalized spacial score (nSPS) is 13.4. The summed E-state index contributed by atoms with van der Waals surface area (Å²) in [6, 6.07) is 3.06. The van der Waals surface area contributed by atoms with Gasteiger partial charge in [0.2, 0.25) is 17.7 Å². The number of imidazole rings is 1. The number of H-pyrrole nitrogens is 1. The molecule has 0 saturated heterocycles. The number of nitrogens with two attached hydrogens (primary N) is 1. The number of carboxylic acids is 1. The average molecular weight is 446 g/mol. The van der Waals surface area contributed by atoms with E-state index >= 15 is 0 Å². The van der Waals surface area contributed by atoms with E-state index in [2.05, 4.69) is 25.9 Å². The number of nitrogens with zero attached hydrogens (tertiary/aromatic N) is 1. The summed E-state index contributed by atoms with van der Waals surface area (Å²) in [6.07, 6.45) is 3.04. The molecule has 12 heteroatoms. The number of benzene rings is 1. The molecule has 3 amide bonds. The summed E-state index contributed by atoms with van der Waals surface area (Å²) in [4.78, 5) is 54.3. The standard InChI is InChI=1S/C20H26N6O6/c1-11(18(29)26-16(20(31)32)7-13-8-22-10-24-13)25-17(28)9-23-19(30)15(21)6-12-2-4-14(27)5-3-12/h2-5,8,10-11,15-16,27H,6-7,9,21H2,1H3,(H,22,24)(H,23,30)(H,25,28)(H,26,29)(H,31,32). The van der Waals surface area contributed by atoms with Gasteiger partial charge in [-0.25, -0.2) is 9.78 Å². The molecule has 8 N–H and O–H groups in total. The third-order valence-electron chi connectivity index (χ3n) is 4.52. The lowest BCUT2D eigenvalue weighted by molar-refractivity contribution is -0.142. The van der Waals surface area contributed by atoms with Crippen LogP contribution in [0.25, 0.3) is 0 Å². The van der Waals surface area contributed by atoms with E-state index in [1.165, 1.54) is 31.6 Å². The summed E-state index contributed by atoms with van der Waals surface area (Å²) in [7, 11) is 0. The van der Waals surface area contributed by atoms with E-state index < -0.39 is 48.4 Å². The van der Waals surface area contributed by atoms with E-state index in [1.807, 2.05) is 0 Å². The number of rotatable bonds is 11. The summed E-state index contributed by atoms with van der Waals surface area (Å²) < 4.78 is 0. The zero-order valence-corrected chi connectivity index (χ0v) is 17.4. The van der Waals surface area contributed by atoms with Crippen molar-refractivity contribution in [2.75, 3.05) is 6.54 Å². The lowest BCUT2D eigenvalue weighted by Crippen LogP contribution is -2.53. The second-order valence-corrected chi connectivity index (χ2v) is 7.16. The molecule has 1 aromatic heterocycles. The predicted molar refractivity (Wildman–Crippen MR) is 112 cm³/mol. The zero-order valence-electron chi connectivity index (χ0n) is 17.4. The minimum atomic E-state index is -1.23. The van der Waals surface area contributed by atoms with Gasteiger partial charge >= 0.3 is 5.97 Å². The van der Waals surface area contributed by atoms with Crippen LogP contribution < -0.4 is 21.7 Å². The fourth-order valence-electron chi connectivity index (χ4n) is 2.75. The molecule has 32 heavy (non-hydrogen) atoms. The van der Waals surface area contributed by atoms with Crippen LogP contribution in [0, 0.1) is 0 Å². The Morgan fingerprint density at radius 2 is 1.78 bits per heavy atom. The first kappa shape index (κ1) is 24.3. The minimum absolute atomic E-state index is 0.00326. The number of aliphatic carboxylic acids is 1. The number of carbonyl (C=O) groups excluding carboxylic acids is 3. The topological polar surface area (TPSA) is 200 Å².